The number of aliphatic hydroxyl groups excluding tert-OH is 2. The summed E-state index contributed by atoms with van der Waals surface area (Å²) in [6.45, 7) is 4.12. The maximum atomic E-state index is 9.47. The molecule has 3 N–H and O–H groups in total. The molecule has 2 aromatic carbocycles. The van der Waals surface area contributed by atoms with Crippen molar-refractivity contribution in [2.75, 3.05) is 18.5 Å². The molecule has 0 radical (unpaired) electrons. The summed E-state index contributed by atoms with van der Waals surface area (Å²) in [5.74, 6) is 0. The van der Waals surface area contributed by atoms with Gasteiger partial charge in [-0.25, -0.2) is 0 Å². The van der Waals surface area contributed by atoms with Gasteiger partial charge in [-0.05, 0) is 48.7 Å². The number of anilines is 1. The molecule has 24 heavy (non-hydrogen) atoms. The van der Waals surface area contributed by atoms with E-state index in [1.54, 1.807) is 4.80 Å². The first-order valence-electron chi connectivity index (χ1n) is 8.10. The molecule has 1 aromatic heterocycles. The van der Waals surface area contributed by atoms with E-state index in [1.807, 2.05) is 31.2 Å². The highest BCUT2D eigenvalue weighted by molar-refractivity contribution is 5.80. The zero-order chi connectivity index (χ0) is 17.1. The first kappa shape index (κ1) is 16.4. The predicted octanol–water partition coefficient (Wildman–Crippen LogP) is 2.06. The minimum atomic E-state index is -0.784. The van der Waals surface area contributed by atoms with Crippen molar-refractivity contribution in [3.63, 3.8) is 0 Å². The van der Waals surface area contributed by atoms with Crippen LogP contribution in [0.4, 0.5) is 5.69 Å². The minimum Gasteiger partial charge on any atom is -0.394 e. The lowest BCUT2D eigenvalue weighted by Gasteiger charge is -2.12. The average molecular weight is 326 g/mol. The Morgan fingerprint density at radius 2 is 1.79 bits per heavy atom. The second kappa shape index (κ2) is 6.98. The Morgan fingerprint density at radius 1 is 1.12 bits per heavy atom. The number of hydrogen-bond acceptors (Lipinski definition) is 5. The van der Waals surface area contributed by atoms with Gasteiger partial charge in [0.1, 0.15) is 11.0 Å². The van der Waals surface area contributed by atoms with Crippen LogP contribution in [0.5, 0.6) is 0 Å². The summed E-state index contributed by atoms with van der Waals surface area (Å²) < 4.78 is 0. The summed E-state index contributed by atoms with van der Waals surface area (Å²) in [5.41, 5.74) is 5.69. The number of nitrogens with zero attached hydrogens (tertiary/aromatic N) is 3. The minimum absolute atomic E-state index is 0.266. The van der Waals surface area contributed by atoms with Gasteiger partial charge in [0.2, 0.25) is 0 Å². The van der Waals surface area contributed by atoms with Crippen molar-refractivity contribution in [1.82, 2.24) is 15.0 Å². The Bertz CT molecular complexity index is 827. The lowest BCUT2D eigenvalue weighted by Crippen LogP contribution is -2.23. The molecule has 1 atom stereocenters. The first-order valence-corrected chi connectivity index (χ1v) is 8.10. The Balaban J connectivity index is 1.89. The highest BCUT2D eigenvalue weighted by Gasteiger charge is 2.09. The van der Waals surface area contributed by atoms with Gasteiger partial charge in [-0.1, -0.05) is 19.1 Å². The van der Waals surface area contributed by atoms with Crippen LogP contribution in [-0.4, -0.2) is 44.5 Å². The highest BCUT2D eigenvalue weighted by atomic mass is 16.3. The van der Waals surface area contributed by atoms with Crippen molar-refractivity contribution in [3.05, 3.63) is 47.5 Å². The van der Waals surface area contributed by atoms with Gasteiger partial charge in [0.05, 0.1) is 18.4 Å². The molecule has 0 spiro atoms. The number of aryl methyl sites for hydroxylation is 2. The summed E-state index contributed by atoms with van der Waals surface area (Å²) >= 11 is 0. The Kier molecular flexibility index (Phi) is 4.78. The lowest BCUT2D eigenvalue weighted by molar-refractivity contribution is 0.105. The standard InChI is InChI=1S/C18H22N4O2/c1-3-13-4-6-14(7-5-13)22-20-17-8-12(2)16(9-18(17)21-22)19-10-15(24)11-23/h4-9,15,19,23-24H,3,10-11H2,1-2H3. The largest absolute Gasteiger partial charge is 0.394 e. The van der Waals surface area contributed by atoms with Gasteiger partial charge in [-0.3, -0.25) is 0 Å². The van der Waals surface area contributed by atoms with Crippen molar-refractivity contribution in [1.29, 1.82) is 0 Å². The number of benzene rings is 2. The Hall–Kier alpha value is -2.44. The van der Waals surface area contributed by atoms with E-state index in [0.717, 1.165) is 34.4 Å². The van der Waals surface area contributed by atoms with Crippen LogP contribution in [-0.2, 0) is 6.42 Å². The normalized spacial score (nSPS) is 12.5. The summed E-state index contributed by atoms with van der Waals surface area (Å²) in [7, 11) is 0. The third-order valence-corrected chi connectivity index (χ3v) is 4.04. The fourth-order valence-electron chi connectivity index (χ4n) is 2.53. The number of hydrogen-bond donors (Lipinski definition) is 3. The maximum absolute atomic E-state index is 9.47. The van der Waals surface area contributed by atoms with Crippen LogP contribution in [0.15, 0.2) is 36.4 Å². The molecule has 0 saturated heterocycles. The molecule has 126 valence electrons. The van der Waals surface area contributed by atoms with E-state index in [-0.39, 0.29) is 13.2 Å². The predicted molar refractivity (Wildman–Crippen MR) is 94.6 cm³/mol. The number of aliphatic hydroxyl groups is 2. The molecular formula is C18H22N4O2. The molecular weight excluding hydrogens is 304 g/mol. The number of rotatable bonds is 6. The van der Waals surface area contributed by atoms with Gasteiger partial charge in [-0.2, -0.15) is 4.80 Å². The number of nitrogens with one attached hydrogen (secondary N) is 1. The van der Waals surface area contributed by atoms with E-state index in [2.05, 4.69) is 34.6 Å². The molecule has 1 heterocycles. The van der Waals surface area contributed by atoms with Gasteiger partial charge in [0.15, 0.2) is 0 Å². The number of fused-ring (bicyclic) bond motifs is 1. The zero-order valence-electron chi connectivity index (χ0n) is 13.9. The highest BCUT2D eigenvalue weighted by Crippen LogP contribution is 2.22. The van der Waals surface area contributed by atoms with Crippen LogP contribution in [0.2, 0.25) is 0 Å². The summed E-state index contributed by atoms with van der Waals surface area (Å²) in [5, 5.41) is 30.6. The molecule has 6 nitrogen and oxygen atoms in total. The third kappa shape index (κ3) is 3.39. The van der Waals surface area contributed by atoms with Crippen LogP contribution in [0.1, 0.15) is 18.1 Å². The summed E-state index contributed by atoms with van der Waals surface area (Å²) in [4.78, 5) is 1.63. The van der Waals surface area contributed by atoms with Gasteiger partial charge < -0.3 is 15.5 Å². The van der Waals surface area contributed by atoms with Gasteiger partial charge in [0.25, 0.3) is 0 Å². The van der Waals surface area contributed by atoms with Gasteiger partial charge >= 0.3 is 0 Å². The molecule has 0 saturated carbocycles. The fourth-order valence-corrected chi connectivity index (χ4v) is 2.53. The van der Waals surface area contributed by atoms with Crippen molar-refractivity contribution in [3.8, 4) is 5.69 Å². The van der Waals surface area contributed by atoms with Crippen LogP contribution >= 0.6 is 0 Å². The van der Waals surface area contributed by atoms with Crippen LogP contribution in [0.25, 0.3) is 16.7 Å². The van der Waals surface area contributed by atoms with E-state index >= 15 is 0 Å². The quantitative estimate of drug-likeness (QED) is 0.646. The first-order chi connectivity index (χ1) is 11.6. The van der Waals surface area contributed by atoms with E-state index < -0.39 is 6.10 Å². The van der Waals surface area contributed by atoms with Crippen molar-refractivity contribution in [2.45, 2.75) is 26.4 Å². The molecule has 3 aromatic rings. The summed E-state index contributed by atoms with van der Waals surface area (Å²) in [6.07, 6.45) is 0.218. The van der Waals surface area contributed by atoms with Crippen molar-refractivity contribution in [2.24, 2.45) is 0 Å². The zero-order valence-corrected chi connectivity index (χ0v) is 13.9. The molecule has 0 amide bonds. The van der Waals surface area contributed by atoms with Crippen molar-refractivity contribution < 1.29 is 10.2 Å². The molecule has 6 heteroatoms. The smallest absolute Gasteiger partial charge is 0.115 e. The molecule has 0 bridgehead atoms. The van der Waals surface area contributed by atoms with Gasteiger partial charge in [-0.15, -0.1) is 10.2 Å². The maximum Gasteiger partial charge on any atom is 0.115 e. The Labute approximate surface area is 140 Å². The summed E-state index contributed by atoms with van der Waals surface area (Å²) in [6, 6.07) is 12.1. The van der Waals surface area contributed by atoms with Crippen LogP contribution < -0.4 is 5.32 Å². The van der Waals surface area contributed by atoms with E-state index in [9.17, 15) is 5.11 Å². The topological polar surface area (TPSA) is 83.2 Å². The molecule has 1 unspecified atom stereocenters. The molecule has 0 aliphatic rings. The second-order valence-electron chi connectivity index (χ2n) is 5.88. The Morgan fingerprint density at radius 3 is 2.42 bits per heavy atom. The monoisotopic (exact) mass is 326 g/mol. The van der Waals surface area contributed by atoms with Crippen molar-refractivity contribution >= 4 is 16.7 Å². The van der Waals surface area contributed by atoms with Crippen LogP contribution in [0, 0.1) is 6.92 Å². The number of aromatic nitrogens is 3. The molecule has 0 fully saturated rings. The van der Waals surface area contributed by atoms with Gasteiger partial charge in [0, 0.05) is 12.2 Å². The second-order valence-corrected chi connectivity index (χ2v) is 5.88. The van der Waals surface area contributed by atoms with E-state index in [0.29, 0.717) is 0 Å². The average Bonchev–Trinajstić information content (AvgIpc) is 3.02. The third-order valence-electron chi connectivity index (χ3n) is 4.04. The molecule has 3 rings (SSSR count). The molecule has 0 aliphatic heterocycles. The fraction of sp³-hybridized carbons (Fsp3) is 0.333. The van der Waals surface area contributed by atoms with Crippen LogP contribution in [0.3, 0.4) is 0 Å². The van der Waals surface area contributed by atoms with E-state index in [1.165, 1.54) is 5.56 Å². The van der Waals surface area contributed by atoms with E-state index in [4.69, 9.17) is 5.11 Å². The SMILES string of the molecule is CCc1ccc(-n2nc3cc(C)c(NCC(O)CO)cc3n2)cc1. The molecule has 0 aliphatic carbocycles. The lowest BCUT2D eigenvalue weighted by atomic mass is 10.1.